The van der Waals surface area contributed by atoms with Crippen molar-refractivity contribution in [1.82, 2.24) is 16.0 Å². The Kier molecular flexibility index (Phi) is 6.59. The van der Waals surface area contributed by atoms with Gasteiger partial charge in [-0.1, -0.05) is 44.2 Å². The van der Waals surface area contributed by atoms with Gasteiger partial charge >= 0.3 is 0 Å². The second kappa shape index (κ2) is 8.67. The van der Waals surface area contributed by atoms with Crippen LogP contribution in [0.1, 0.15) is 32.3 Å². The molecule has 0 saturated carbocycles. The average Bonchev–Trinajstić information content (AvgIpc) is 2.54. The molecule has 1 unspecified atom stereocenters. The van der Waals surface area contributed by atoms with Crippen molar-refractivity contribution in [2.24, 2.45) is 5.92 Å². The summed E-state index contributed by atoms with van der Waals surface area (Å²) in [5.41, 5.74) is 0.950. The first-order valence-electron chi connectivity index (χ1n) is 8.40. The van der Waals surface area contributed by atoms with E-state index in [4.69, 9.17) is 0 Å². The van der Waals surface area contributed by atoms with Crippen LogP contribution in [-0.4, -0.2) is 37.0 Å². The van der Waals surface area contributed by atoms with E-state index in [9.17, 15) is 9.59 Å². The molecule has 126 valence electrons. The largest absolute Gasteiger partial charge is 0.351 e. The summed E-state index contributed by atoms with van der Waals surface area (Å²) in [4.78, 5) is 24.7. The normalized spacial score (nSPS) is 16.8. The summed E-state index contributed by atoms with van der Waals surface area (Å²) in [6, 6.07) is 9.29. The van der Waals surface area contributed by atoms with Gasteiger partial charge in [-0.3, -0.25) is 9.59 Å². The molecule has 1 atom stereocenters. The smallest absolute Gasteiger partial charge is 0.243 e. The van der Waals surface area contributed by atoms with Crippen molar-refractivity contribution in [2.75, 3.05) is 13.1 Å². The summed E-state index contributed by atoms with van der Waals surface area (Å²) in [6.07, 6.45) is 2.17. The lowest BCUT2D eigenvalue weighted by molar-refractivity contribution is -0.130. The van der Waals surface area contributed by atoms with E-state index in [0.717, 1.165) is 31.5 Å². The number of nitrogens with one attached hydrogen (secondary N) is 3. The van der Waals surface area contributed by atoms with Crippen LogP contribution in [0.2, 0.25) is 0 Å². The molecule has 5 heteroatoms. The van der Waals surface area contributed by atoms with Gasteiger partial charge in [-0.15, -0.1) is 0 Å². The number of rotatable bonds is 6. The lowest BCUT2D eigenvalue weighted by atomic mass is 10.0. The molecule has 1 aliphatic heterocycles. The van der Waals surface area contributed by atoms with Crippen molar-refractivity contribution in [2.45, 2.75) is 45.2 Å². The van der Waals surface area contributed by atoms with Crippen LogP contribution in [0.25, 0.3) is 0 Å². The second-order valence-corrected chi connectivity index (χ2v) is 6.48. The highest BCUT2D eigenvalue weighted by Gasteiger charge is 2.26. The van der Waals surface area contributed by atoms with Crippen LogP contribution in [0.15, 0.2) is 30.3 Å². The van der Waals surface area contributed by atoms with Crippen LogP contribution in [0.3, 0.4) is 0 Å². The Labute approximate surface area is 138 Å². The molecule has 2 rings (SSSR count). The Morgan fingerprint density at radius 3 is 2.43 bits per heavy atom. The Bertz CT molecular complexity index is 510. The molecule has 0 radical (unpaired) electrons. The highest BCUT2D eigenvalue weighted by atomic mass is 16.2. The topological polar surface area (TPSA) is 70.2 Å². The first-order valence-corrected chi connectivity index (χ1v) is 8.40. The molecule has 2 amide bonds. The predicted molar refractivity (Wildman–Crippen MR) is 90.9 cm³/mol. The first kappa shape index (κ1) is 17.5. The van der Waals surface area contributed by atoms with Crippen molar-refractivity contribution in [3.63, 3.8) is 0 Å². The standard InChI is InChI=1S/C18H27N3O2/c1-13(2)17(18(23)20-15-8-10-19-11-9-15)21-16(22)12-14-6-4-3-5-7-14/h3-7,13,15,17,19H,8-12H2,1-2H3,(H,20,23)(H,21,22). The SMILES string of the molecule is CC(C)C(NC(=O)Cc1ccccc1)C(=O)NC1CCNCC1. The summed E-state index contributed by atoms with van der Waals surface area (Å²) in [6.45, 7) is 5.76. The average molecular weight is 317 g/mol. The van der Waals surface area contributed by atoms with Crippen molar-refractivity contribution in [1.29, 1.82) is 0 Å². The van der Waals surface area contributed by atoms with Gasteiger partial charge in [0.1, 0.15) is 6.04 Å². The van der Waals surface area contributed by atoms with Crippen molar-refractivity contribution < 1.29 is 9.59 Å². The highest BCUT2D eigenvalue weighted by Crippen LogP contribution is 2.07. The van der Waals surface area contributed by atoms with Crippen LogP contribution in [0, 0.1) is 5.92 Å². The van der Waals surface area contributed by atoms with Gasteiger partial charge in [0.05, 0.1) is 6.42 Å². The van der Waals surface area contributed by atoms with Crippen LogP contribution >= 0.6 is 0 Å². The minimum Gasteiger partial charge on any atom is -0.351 e. The van der Waals surface area contributed by atoms with E-state index in [-0.39, 0.29) is 23.8 Å². The molecule has 5 nitrogen and oxygen atoms in total. The van der Waals surface area contributed by atoms with E-state index < -0.39 is 6.04 Å². The minimum absolute atomic E-state index is 0.0523. The fraction of sp³-hybridized carbons (Fsp3) is 0.556. The maximum atomic E-state index is 12.5. The van der Waals surface area contributed by atoms with Gasteiger partial charge < -0.3 is 16.0 Å². The van der Waals surface area contributed by atoms with E-state index in [1.165, 1.54) is 0 Å². The summed E-state index contributed by atoms with van der Waals surface area (Å²) >= 11 is 0. The van der Waals surface area contributed by atoms with E-state index in [2.05, 4.69) is 16.0 Å². The number of carbonyl (C=O) groups is 2. The fourth-order valence-electron chi connectivity index (χ4n) is 2.80. The zero-order valence-corrected chi connectivity index (χ0v) is 14.0. The number of amides is 2. The summed E-state index contributed by atoms with van der Waals surface area (Å²) in [7, 11) is 0. The van der Waals surface area contributed by atoms with E-state index in [0.29, 0.717) is 6.42 Å². The van der Waals surface area contributed by atoms with Gasteiger partial charge in [0.25, 0.3) is 0 Å². The summed E-state index contributed by atoms with van der Waals surface area (Å²) in [5, 5.41) is 9.24. The van der Waals surface area contributed by atoms with Gasteiger partial charge in [0.2, 0.25) is 11.8 Å². The van der Waals surface area contributed by atoms with Crippen LogP contribution in [0.5, 0.6) is 0 Å². The number of hydrogen-bond acceptors (Lipinski definition) is 3. The molecule has 3 N–H and O–H groups in total. The van der Waals surface area contributed by atoms with Crippen molar-refractivity contribution >= 4 is 11.8 Å². The Balaban J connectivity index is 1.89. The molecule has 0 aromatic heterocycles. The van der Waals surface area contributed by atoms with Crippen molar-refractivity contribution in [3.05, 3.63) is 35.9 Å². The number of piperidine rings is 1. The Hall–Kier alpha value is -1.88. The van der Waals surface area contributed by atoms with E-state index in [1.54, 1.807) is 0 Å². The molecular weight excluding hydrogens is 290 g/mol. The zero-order chi connectivity index (χ0) is 16.7. The third-order valence-corrected chi connectivity index (χ3v) is 4.16. The zero-order valence-electron chi connectivity index (χ0n) is 14.0. The molecule has 1 heterocycles. The third kappa shape index (κ3) is 5.67. The fourth-order valence-corrected chi connectivity index (χ4v) is 2.80. The molecule has 1 fully saturated rings. The molecule has 1 aromatic rings. The van der Waals surface area contributed by atoms with E-state index in [1.807, 2.05) is 44.2 Å². The van der Waals surface area contributed by atoms with E-state index >= 15 is 0 Å². The lowest BCUT2D eigenvalue weighted by Gasteiger charge is -2.28. The van der Waals surface area contributed by atoms with Gasteiger partial charge in [-0.05, 0) is 37.4 Å². The summed E-state index contributed by atoms with van der Waals surface area (Å²) < 4.78 is 0. The van der Waals surface area contributed by atoms with Crippen molar-refractivity contribution in [3.8, 4) is 0 Å². The molecule has 23 heavy (non-hydrogen) atoms. The predicted octanol–water partition coefficient (Wildman–Crippen LogP) is 1.24. The van der Waals surface area contributed by atoms with Crippen LogP contribution in [0.4, 0.5) is 0 Å². The number of benzene rings is 1. The van der Waals surface area contributed by atoms with Gasteiger partial charge in [0.15, 0.2) is 0 Å². The van der Waals surface area contributed by atoms with Crippen LogP contribution < -0.4 is 16.0 Å². The lowest BCUT2D eigenvalue weighted by Crippen LogP contribution is -2.53. The molecular formula is C18H27N3O2. The van der Waals surface area contributed by atoms with Gasteiger partial charge in [-0.2, -0.15) is 0 Å². The molecule has 0 bridgehead atoms. The Morgan fingerprint density at radius 2 is 1.83 bits per heavy atom. The van der Waals surface area contributed by atoms with Gasteiger partial charge in [-0.25, -0.2) is 0 Å². The molecule has 0 aliphatic carbocycles. The molecule has 1 aromatic carbocycles. The second-order valence-electron chi connectivity index (χ2n) is 6.48. The first-order chi connectivity index (χ1) is 11.1. The van der Waals surface area contributed by atoms with Crippen LogP contribution in [-0.2, 0) is 16.0 Å². The number of hydrogen-bond donors (Lipinski definition) is 3. The monoisotopic (exact) mass is 317 g/mol. The number of carbonyl (C=O) groups excluding carboxylic acids is 2. The third-order valence-electron chi connectivity index (χ3n) is 4.16. The maximum absolute atomic E-state index is 12.5. The minimum atomic E-state index is -0.485. The molecule has 1 saturated heterocycles. The molecule has 0 spiro atoms. The maximum Gasteiger partial charge on any atom is 0.243 e. The molecule has 1 aliphatic rings. The Morgan fingerprint density at radius 1 is 1.17 bits per heavy atom. The summed E-state index contributed by atoms with van der Waals surface area (Å²) in [5.74, 6) is -0.139. The highest BCUT2D eigenvalue weighted by molar-refractivity contribution is 5.88. The van der Waals surface area contributed by atoms with Gasteiger partial charge in [0, 0.05) is 6.04 Å². The quantitative estimate of drug-likeness (QED) is 0.739.